The van der Waals surface area contributed by atoms with Gasteiger partial charge in [-0.05, 0) is 42.5 Å². The van der Waals surface area contributed by atoms with Gasteiger partial charge in [-0.2, -0.15) is 8.42 Å². The van der Waals surface area contributed by atoms with E-state index in [0.29, 0.717) is 17.1 Å². The summed E-state index contributed by atoms with van der Waals surface area (Å²) in [6.45, 7) is -0.313. The molecule has 0 aliphatic rings. The van der Waals surface area contributed by atoms with Gasteiger partial charge in [0.2, 0.25) is 0 Å². The van der Waals surface area contributed by atoms with Crippen molar-refractivity contribution in [3.05, 3.63) is 47.5 Å². The Morgan fingerprint density at radius 2 is 1.87 bits per heavy atom. The first-order valence-electron chi connectivity index (χ1n) is 6.28. The van der Waals surface area contributed by atoms with E-state index in [1.807, 2.05) is 0 Å². The average Bonchev–Trinajstić information content (AvgIpc) is 2.46. The number of ether oxygens (including phenoxy) is 1. The summed E-state index contributed by atoms with van der Waals surface area (Å²) in [6.07, 6.45) is 0. The molecule has 2 rings (SSSR count). The smallest absolute Gasteiger partial charge is 0.332 e. The van der Waals surface area contributed by atoms with Gasteiger partial charge in [-0.25, -0.2) is 0 Å². The SMILES string of the molecule is Nc1ccc(OCC(=O)Nc2ccc(S(=O)(=O)F)cc2)c(Cl)c1. The molecule has 6 nitrogen and oxygen atoms in total. The minimum Gasteiger partial charge on any atom is -0.482 e. The van der Waals surface area contributed by atoms with Crippen molar-refractivity contribution in [2.45, 2.75) is 4.90 Å². The number of hydrogen-bond acceptors (Lipinski definition) is 5. The van der Waals surface area contributed by atoms with Crippen LogP contribution in [0.25, 0.3) is 0 Å². The van der Waals surface area contributed by atoms with Crippen LogP contribution in [0.2, 0.25) is 5.02 Å². The number of nitrogens with two attached hydrogens (primary N) is 1. The number of anilines is 2. The molecule has 0 aliphatic carbocycles. The van der Waals surface area contributed by atoms with E-state index < -0.39 is 21.0 Å². The summed E-state index contributed by atoms with van der Waals surface area (Å²) in [5, 5.41) is 2.75. The number of rotatable bonds is 5. The molecule has 0 fully saturated rings. The Bertz CT molecular complexity index is 825. The number of halogens is 2. The molecule has 0 unspecified atom stereocenters. The molecule has 0 spiro atoms. The number of carbonyl (C=O) groups is 1. The van der Waals surface area contributed by atoms with E-state index in [0.717, 1.165) is 12.1 Å². The first-order chi connectivity index (χ1) is 10.8. The van der Waals surface area contributed by atoms with Gasteiger partial charge in [-0.3, -0.25) is 4.79 Å². The molecule has 9 heteroatoms. The second-order valence-electron chi connectivity index (χ2n) is 4.49. The molecule has 0 saturated carbocycles. The van der Waals surface area contributed by atoms with Crippen molar-refractivity contribution in [3.63, 3.8) is 0 Å². The zero-order valence-electron chi connectivity index (χ0n) is 11.6. The van der Waals surface area contributed by atoms with Gasteiger partial charge < -0.3 is 15.8 Å². The lowest BCUT2D eigenvalue weighted by molar-refractivity contribution is -0.118. The number of hydrogen-bond donors (Lipinski definition) is 2. The average molecular weight is 359 g/mol. The van der Waals surface area contributed by atoms with Gasteiger partial charge in [-0.15, -0.1) is 3.89 Å². The van der Waals surface area contributed by atoms with Crippen molar-refractivity contribution >= 4 is 39.1 Å². The lowest BCUT2D eigenvalue weighted by atomic mass is 10.3. The first kappa shape index (κ1) is 17.0. The van der Waals surface area contributed by atoms with Crippen LogP contribution in [0, 0.1) is 0 Å². The van der Waals surface area contributed by atoms with Crippen LogP contribution in [0.4, 0.5) is 15.3 Å². The van der Waals surface area contributed by atoms with Crippen LogP contribution in [0.15, 0.2) is 47.4 Å². The third-order valence-corrected chi connectivity index (χ3v) is 3.86. The molecule has 0 saturated heterocycles. The first-order valence-corrected chi connectivity index (χ1v) is 8.04. The Hall–Kier alpha value is -2.32. The molecule has 0 bridgehead atoms. The number of amides is 1. The summed E-state index contributed by atoms with van der Waals surface area (Å²) in [6, 6.07) is 9.22. The third kappa shape index (κ3) is 4.83. The van der Waals surface area contributed by atoms with Gasteiger partial charge in [-0.1, -0.05) is 11.6 Å². The lowest BCUT2D eigenvalue weighted by Crippen LogP contribution is -2.20. The van der Waals surface area contributed by atoms with Crippen molar-refractivity contribution in [2.75, 3.05) is 17.7 Å². The molecule has 0 radical (unpaired) electrons. The zero-order valence-corrected chi connectivity index (χ0v) is 13.2. The molecular formula is C14H12ClFN2O4S. The summed E-state index contributed by atoms with van der Waals surface area (Å²) in [4.78, 5) is 11.3. The summed E-state index contributed by atoms with van der Waals surface area (Å²) in [5.74, 6) is -0.191. The topological polar surface area (TPSA) is 98.5 Å². The van der Waals surface area contributed by atoms with E-state index in [1.165, 1.54) is 24.3 Å². The minimum absolute atomic E-state index is 0.273. The summed E-state index contributed by atoms with van der Waals surface area (Å²) in [5.41, 5.74) is 6.31. The molecule has 1 amide bonds. The van der Waals surface area contributed by atoms with Crippen molar-refractivity contribution < 1.29 is 21.8 Å². The number of nitrogens with one attached hydrogen (secondary N) is 1. The van der Waals surface area contributed by atoms with Gasteiger partial charge in [0.15, 0.2) is 6.61 Å². The molecule has 0 atom stereocenters. The Morgan fingerprint density at radius 1 is 1.22 bits per heavy atom. The minimum atomic E-state index is -4.76. The lowest BCUT2D eigenvalue weighted by Gasteiger charge is -2.09. The second-order valence-corrected chi connectivity index (χ2v) is 6.24. The van der Waals surface area contributed by atoms with Crippen LogP contribution in [-0.2, 0) is 15.0 Å². The van der Waals surface area contributed by atoms with E-state index >= 15 is 0 Å². The molecule has 0 aromatic heterocycles. The van der Waals surface area contributed by atoms with Gasteiger partial charge in [0, 0.05) is 11.4 Å². The molecule has 2 aromatic carbocycles. The molecule has 122 valence electrons. The predicted molar refractivity (Wildman–Crippen MR) is 84.7 cm³/mol. The normalized spacial score (nSPS) is 11.0. The van der Waals surface area contributed by atoms with Gasteiger partial charge in [0.05, 0.1) is 9.92 Å². The Labute approximate surface area is 137 Å². The number of carbonyl (C=O) groups excluding carboxylic acids is 1. The fourth-order valence-corrected chi connectivity index (χ4v) is 2.38. The molecule has 3 N–H and O–H groups in total. The summed E-state index contributed by atoms with van der Waals surface area (Å²) < 4.78 is 39.4. The summed E-state index contributed by atoms with van der Waals surface area (Å²) >= 11 is 5.90. The van der Waals surface area contributed by atoms with Crippen LogP contribution < -0.4 is 15.8 Å². The Balaban J connectivity index is 1.94. The van der Waals surface area contributed by atoms with E-state index in [2.05, 4.69) is 5.32 Å². The molecule has 23 heavy (non-hydrogen) atoms. The van der Waals surface area contributed by atoms with Crippen LogP contribution >= 0.6 is 11.6 Å². The van der Waals surface area contributed by atoms with E-state index in [9.17, 15) is 17.1 Å². The Morgan fingerprint density at radius 3 is 2.43 bits per heavy atom. The third-order valence-electron chi connectivity index (χ3n) is 2.73. The highest BCUT2D eigenvalue weighted by Crippen LogP contribution is 2.26. The number of nitrogen functional groups attached to an aromatic ring is 1. The summed E-state index contributed by atoms with van der Waals surface area (Å²) in [7, 11) is -4.76. The number of benzene rings is 2. The highest BCUT2D eigenvalue weighted by molar-refractivity contribution is 7.86. The maximum Gasteiger partial charge on any atom is 0.332 e. The predicted octanol–water partition coefficient (Wildman–Crippen LogP) is 2.60. The monoisotopic (exact) mass is 358 g/mol. The maximum absolute atomic E-state index is 12.7. The standard InChI is InChI=1S/C14H12ClFN2O4S/c15-12-7-9(17)1-6-13(12)22-8-14(19)18-10-2-4-11(5-3-10)23(16,20)21/h1-7H,8,17H2,(H,18,19). The van der Waals surface area contributed by atoms with E-state index in [1.54, 1.807) is 6.07 Å². The quantitative estimate of drug-likeness (QED) is 0.632. The van der Waals surface area contributed by atoms with Crippen molar-refractivity contribution in [2.24, 2.45) is 0 Å². The van der Waals surface area contributed by atoms with Crippen LogP contribution in [0.3, 0.4) is 0 Å². The highest BCUT2D eigenvalue weighted by Gasteiger charge is 2.12. The van der Waals surface area contributed by atoms with E-state index in [-0.39, 0.29) is 11.6 Å². The van der Waals surface area contributed by atoms with Crippen molar-refractivity contribution in [1.82, 2.24) is 0 Å². The Kier molecular flexibility index (Phi) is 5.07. The maximum atomic E-state index is 12.7. The highest BCUT2D eigenvalue weighted by atomic mass is 35.5. The largest absolute Gasteiger partial charge is 0.482 e. The fraction of sp³-hybridized carbons (Fsp3) is 0.0714. The second kappa shape index (κ2) is 6.84. The molecule has 0 heterocycles. The van der Waals surface area contributed by atoms with Crippen molar-refractivity contribution in [3.8, 4) is 5.75 Å². The molecule has 0 aliphatic heterocycles. The zero-order chi connectivity index (χ0) is 17.0. The molecular weight excluding hydrogens is 347 g/mol. The van der Waals surface area contributed by atoms with Crippen LogP contribution in [0.1, 0.15) is 0 Å². The fourth-order valence-electron chi connectivity index (χ4n) is 1.68. The van der Waals surface area contributed by atoms with E-state index in [4.69, 9.17) is 22.1 Å². The van der Waals surface area contributed by atoms with Crippen LogP contribution in [0.5, 0.6) is 5.75 Å². The molecule has 2 aromatic rings. The van der Waals surface area contributed by atoms with Crippen molar-refractivity contribution in [1.29, 1.82) is 0 Å². The van der Waals surface area contributed by atoms with Gasteiger partial charge in [0.1, 0.15) is 5.75 Å². The van der Waals surface area contributed by atoms with Gasteiger partial charge >= 0.3 is 10.2 Å². The van der Waals surface area contributed by atoms with Gasteiger partial charge in [0.25, 0.3) is 5.91 Å². The van der Waals surface area contributed by atoms with Crippen LogP contribution in [-0.4, -0.2) is 20.9 Å².